The van der Waals surface area contributed by atoms with Crippen molar-refractivity contribution >= 4 is 17.2 Å². The highest BCUT2D eigenvalue weighted by atomic mass is 16.6. The average molecular weight is 247 g/mol. The second-order valence-electron chi connectivity index (χ2n) is 3.63. The fourth-order valence-corrected chi connectivity index (χ4v) is 1.25. The molecule has 6 nitrogen and oxygen atoms in total. The molecule has 1 aromatic rings. The van der Waals surface area contributed by atoms with Gasteiger partial charge in [-0.3, -0.25) is 4.79 Å². The van der Waals surface area contributed by atoms with E-state index in [0.29, 0.717) is 0 Å². The summed E-state index contributed by atoms with van der Waals surface area (Å²) in [5, 5.41) is 3.65. The summed E-state index contributed by atoms with van der Waals surface area (Å²) in [6, 6.07) is 3.21. The van der Waals surface area contributed by atoms with Crippen LogP contribution in [0.15, 0.2) is 39.6 Å². The van der Waals surface area contributed by atoms with Gasteiger partial charge in [-0.05, 0) is 32.1 Å². The van der Waals surface area contributed by atoms with Gasteiger partial charge in [0.05, 0.1) is 6.26 Å². The lowest BCUT2D eigenvalue weighted by molar-refractivity contribution is -0.112. The molecule has 94 valence electrons. The predicted molar refractivity (Wildman–Crippen MR) is 65.3 cm³/mol. The molecule has 0 atom stereocenters. The molecule has 1 heterocycles. The molecule has 1 rings (SSSR count). The molecule has 0 aromatic carbocycles. The molecule has 0 radical (unpaired) electrons. The fourth-order valence-electron chi connectivity index (χ4n) is 1.25. The summed E-state index contributed by atoms with van der Waals surface area (Å²) >= 11 is 0. The Hall–Kier alpha value is -2.46. The molecule has 0 saturated carbocycles. The van der Waals surface area contributed by atoms with Crippen LogP contribution in [0.1, 0.15) is 19.6 Å². The number of allylic oxidation sites excluding steroid dienone is 2. The molecule has 0 N–H and O–H groups in total. The average Bonchev–Trinajstić information content (AvgIpc) is 2.81. The maximum atomic E-state index is 11.9. The highest BCUT2D eigenvalue weighted by Crippen LogP contribution is 2.05. The summed E-state index contributed by atoms with van der Waals surface area (Å²) in [4.78, 5) is 19.4. The van der Waals surface area contributed by atoms with Gasteiger partial charge in [0.25, 0.3) is 5.78 Å². The molecule has 0 saturated heterocycles. The van der Waals surface area contributed by atoms with E-state index in [9.17, 15) is 4.79 Å². The van der Waals surface area contributed by atoms with E-state index in [-0.39, 0.29) is 17.2 Å². The smallest absolute Gasteiger partial charge is 0.394 e. The lowest BCUT2D eigenvalue weighted by Gasteiger charge is -1.96. The van der Waals surface area contributed by atoms with Crippen molar-refractivity contribution in [2.24, 2.45) is 5.16 Å². The predicted octanol–water partition coefficient (Wildman–Crippen LogP) is 1.84. The van der Waals surface area contributed by atoms with E-state index in [4.69, 9.17) is 9.95 Å². The highest BCUT2D eigenvalue weighted by Gasteiger charge is 2.29. The number of carbonyl (C=O) groups excluding carboxylic acids is 1. The summed E-state index contributed by atoms with van der Waals surface area (Å²) in [6.07, 6.45) is 2.75. The van der Waals surface area contributed by atoms with Gasteiger partial charge in [-0.2, -0.15) is 4.79 Å². The van der Waals surface area contributed by atoms with Gasteiger partial charge in [-0.1, -0.05) is 10.7 Å². The van der Waals surface area contributed by atoms with Crippen LogP contribution in [0.25, 0.3) is 5.53 Å². The first-order valence-electron chi connectivity index (χ1n) is 5.16. The SMILES string of the molecule is CO/N=C(/C(=[N+]=[N-])C(=O)C=C(C)C)c1ccco1. The van der Waals surface area contributed by atoms with E-state index in [0.717, 1.165) is 5.57 Å². The van der Waals surface area contributed by atoms with Crippen LogP contribution in [0, 0.1) is 0 Å². The molecule has 0 unspecified atom stereocenters. The van der Waals surface area contributed by atoms with Gasteiger partial charge in [-0.15, -0.1) is 0 Å². The van der Waals surface area contributed by atoms with Crippen molar-refractivity contribution in [3.8, 4) is 0 Å². The van der Waals surface area contributed by atoms with Gasteiger partial charge < -0.3 is 14.8 Å². The monoisotopic (exact) mass is 247 g/mol. The van der Waals surface area contributed by atoms with Crippen molar-refractivity contribution in [2.45, 2.75) is 13.8 Å². The molecule has 0 aliphatic heterocycles. The van der Waals surface area contributed by atoms with Gasteiger partial charge >= 0.3 is 5.71 Å². The Kier molecular flexibility index (Phi) is 4.78. The van der Waals surface area contributed by atoms with Gasteiger partial charge in [0.2, 0.25) is 5.71 Å². The van der Waals surface area contributed by atoms with Crippen molar-refractivity contribution in [2.75, 3.05) is 7.11 Å². The Morgan fingerprint density at radius 1 is 1.56 bits per heavy atom. The Morgan fingerprint density at radius 3 is 2.72 bits per heavy atom. The zero-order valence-corrected chi connectivity index (χ0v) is 10.4. The quantitative estimate of drug-likeness (QED) is 0.261. The number of carbonyl (C=O) groups is 1. The van der Waals surface area contributed by atoms with E-state index in [1.54, 1.807) is 26.0 Å². The van der Waals surface area contributed by atoms with Crippen LogP contribution in [0.5, 0.6) is 0 Å². The third-order valence-corrected chi connectivity index (χ3v) is 1.91. The van der Waals surface area contributed by atoms with Gasteiger partial charge in [0.15, 0.2) is 5.76 Å². The standard InChI is InChI=1S/C12H13N3O3/c1-8(2)7-9(16)11(14-13)12(15-17-3)10-5-4-6-18-10/h4-7H,1-3H3/b15-12+. The lowest BCUT2D eigenvalue weighted by Crippen LogP contribution is -2.25. The number of rotatable bonds is 5. The van der Waals surface area contributed by atoms with Crippen LogP contribution >= 0.6 is 0 Å². The van der Waals surface area contributed by atoms with Crippen LogP contribution in [-0.2, 0) is 9.63 Å². The third-order valence-electron chi connectivity index (χ3n) is 1.91. The van der Waals surface area contributed by atoms with Gasteiger partial charge in [0, 0.05) is 0 Å². The Morgan fingerprint density at radius 2 is 2.28 bits per heavy atom. The van der Waals surface area contributed by atoms with Gasteiger partial charge in [0.1, 0.15) is 7.11 Å². The first-order chi connectivity index (χ1) is 8.60. The van der Waals surface area contributed by atoms with Crippen LogP contribution in [0.3, 0.4) is 0 Å². The molecule has 18 heavy (non-hydrogen) atoms. The number of ketones is 1. The minimum atomic E-state index is -0.482. The fraction of sp³-hybridized carbons (Fsp3) is 0.250. The number of oxime groups is 1. The Balaban J connectivity index is 3.21. The highest BCUT2D eigenvalue weighted by molar-refractivity contribution is 6.70. The Labute approximate surface area is 104 Å². The van der Waals surface area contributed by atoms with Gasteiger partial charge in [-0.25, -0.2) is 0 Å². The number of nitrogens with zero attached hydrogens (tertiary/aromatic N) is 3. The maximum absolute atomic E-state index is 11.9. The topological polar surface area (TPSA) is 88.2 Å². The molecule has 0 aliphatic rings. The summed E-state index contributed by atoms with van der Waals surface area (Å²) in [7, 11) is 1.32. The molecule has 0 bridgehead atoms. The Bertz CT molecular complexity index is 531. The van der Waals surface area contributed by atoms with Crippen LogP contribution in [0.4, 0.5) is 0 Å². The molecule has 0 fully saturated rings. The lowest BCUT2D eigenvalue weighted by atomic mass is 10.1. The molecule has 0 aliphatic carbocycles. The van der Waals surface area contributed by atoms with E-state index in [1.807, 2.05) is 0 Å². The van der Waals surface area contributed by atoms with Crippen LogP contribution < -0.4 is 0 Å². The molecule has 6 heteroatoms. The minimum absolute atomic E-state index is 0.0347. The molecular weight excluding hydrogens is 234 g/mol. The van der Waals surface area contributed by atoms with Crippen LogP contribution in [-0.4, -0.2) is 29.1 Å². The number of hydrogen-bond acceptors (Lipinski definition) is 4. The first kappa shape index (κ1) is 13.6. The first-order valence-corrected chi connectivity index (χ1v) is 5.16. The molecule has 0 amide bonds. The summed E-state index contributed by atoms with van der Waals surface area (Å²) in [6.45, 7) is 3.51. The van der Waals surface area contributed by atoms with Crippen molar-refractivity contribution in [3.63, 3.8) is 0 Å². The van der Waals surface area contributed by atoms with Crippen LogP contribution in [0.2, 0.25) is 0 Å². The second-order valence-corrected chi connectivity index (χ2v) is 3.63. The summed E-state index contributed by atoms with van der Waals surface area (Å²) in [5.41, 5.74) is 9.53. The zero-order chi connectivity index (χ0) is 13.5. The largest absolute Gasteiger partial charge is 0.462 e. The van der Waals surface area contributed by atoms with E-state index < -0.39 is 5.78 Å². The number of furan rings is 1. The van der Waals surface area contributed by atoms with E-state index in [1.165, 1.54) is 19.4 Å². The number of hydrogen-bond donors (Lipinski definition) is 0. The van der Waals surface area contributed by atoms with Crippen molar-refractivity contribution < 1.29 is 18.8 Å². The normalized spacial score (nSPS) is 10.5. The van der Waals surface area contributed by atoms with E-state index in [2.05, 4.69) is 14.8 Å². The zero-order valence-electron chi connectivity index (χ0n) is 10.4. The summed E-state index contributed by atoms with van der Waals surface area (Å²) in [5.74, 6) is -0.204. The van der Waals surface area contributed by atoms with Crippen molar-refractivity contribution in [3.05, 3.63) is 41.3 Å². The third kappa shape index (κ3) is 3.26. The second kappa shape index (κ2) is 6.32. The van der Waals surface area contributed by atoms with Crippen molar-refractivity contribution in [1.29, 1.82) is 0 Å². The molecular formula is C12H13N3O3. The van der Waals surface area contributed by atoms with Crippen molar-refractivity contribution in [1.82, 2.24) is 0 Å². The maximum Gasteiger partial charge on any atom is 0.394 e. The summed E-state index contributed by atoms with van der Waals surface area (Å²) < 4.78 is 5.11. The van der Waals surface area contributed by atoms with E-state index >= 15 is 0 Å². The minimum Gasteiger partial charge on any atom is -0.462 e. The molecule has 0 spiro atoms. The molecule has 1 aromatic heterocycles.